The lowest BCUT2D eigenvalue weighted by Gasteiger charge is -2.27. The minimum absolute atomic E-state index is 0.0277. The third kappa shape index (κ3) is 59.3. The van der Waals surface area contributed by atoms with Gasteiger partial charge >= 0.3 is 13.8 Å². The predicted octanol–water partition coefficient (Wildman–Crippen LogP) is 20.5. The summed E-state index contributed by atoms with van der Waals surface area (Å²) in [5.74, 6) is -0.550. The summed E-state index contributed by atoms with van der Waals surface area (Å²) in [6.45, 7) is 6.84. The Bertz CT molecular complexity index is 1740. The van der Waals surface area contributed by atoms with Crippen molar-refractivity contribution in [1.29, 1.82) is 0 Å². The summed E-state index contributed by atoms with van der Waals surface area (Å²) in [6.07, 6.45) is 80.9. The number of esters is 1. The normalized spacial score (nSPS) is 14.3. The van der Waals surface area contributed by atoms with Gasteiger partial charge in [0.05, 0.1) is 33.8 Å². The van der Waals surface area contributed by atoms with E-state index in [4.69, 9.17) is 13.8 Å². The summed E-state index contributed by atoms with van der Waals surface area (Å²) in [5, 5.41) is 3.04. The van der Waals surface area contributed by atoms with Crippen molar-refractivity contribution >= 4 is 19.7 Å². The van der Waals surface area contributed by atoms with Gasteiger partial charge in [-0.15, -0.1) is 0 Å². The molecule has 0 aromatic carbocycles. The van der Waals surface area contributed by atoms with Crippen LogP contribution in [0.4, 0.5) is 0 Å². The zero-order valence-electron chi connectivity index (χ0n) is 52.5. The van der Waals surface area contributed by atoms with Gasteiger partial charge < -0.3 is 19.4 Å². The van der Waals surface area contributed by atoms with E-state index >= 15 is 0 Å². The molecule has 0 aliphatic carbocycles. The van der Waals surface area contributed by atoms with Crippen molar-refractivity contribution in [1.82, 2.24) is 5.32 Å². The van der Waals surface area contributed by atoms with Gasteiger partial charge in [0.1, 0.15) is 19.3 Å². The molecule has 3 unspecified atom stereocenters. The quantitative estimate of drug-likeness (QED) is 0.0205. The fourth-order valence-corrected chi connectivity index (χ4v) is 9.65. The summed E-state index contributed by atoms with van der Waals surface area (Å²) in [4.78, 5) is 37.8. The van der Waals surface area contributed by atoms with Crippen LogP contribution in [0.2, 0.25) is 0 Å². The molecular formula is C70H124N2O7P+. The Morgan fingerprint density at radius 3 is 1.24 bits per heavy atom. The van der Waals surface area contributed by atoms with E-state index in [1.54, 1.807) is 0 Å². The Morgan fingerprint density at radius 1 is 0.450 bits per heavy atom. The van der Waals surface area contributed by atoms with E-state index in [0.717, 1.165) is 116 Å². The summed E-state index contributed by atoms with van der Waals surface area (Å²) >= 11 is 0. The maximum absolute atomic E-state index is 13.6. The molecule has 0 saturated carbocycles. The lowest BCUT2D eigenvalue weighted by atomic mass is 10.0. The topological polar surface area (TPSA) is 111 Å². The number of hydrogen-bond acceptors (Lipinski definition) is 6. The minimum Gasteiger partial charge on any atom is -0.456 e. The van der Waals surface area contributed by atoms with Crippen LogP contribution in [0, 0.1) is 0 Å². The Balaban J connectivity index is 5.25. The second-order valence-electron chi connectivity index (χ2n) is 22.9. The monoisotopic (exact) mass is 1140 g/mol. The summed E-state index contributed by atoms with van der Waals surface area (Å²) in [6, 6.07) is -0.875. The molecule has 0 saturated heterocycles. The van der Waals surface area contributed by atoms with E-state index in [0.29, 0.717) is 17.4 Å². The number of carbonyl (C=O) groups excluding carboxylic acids is 2. The Kier molecular flexibility index (Phi) is 56.4. The number of amides is 1. The molecule has 0 heterocycles. The van der Waals surface area contributed by atoms with Crippen LogP contribution >= 0.6 is 7.82 Å². The number of allylic oxidation sites excluding steroid dienone is 17. The lowest BCUT2D eigenvalue weighted by molar-refractivity contribution is -0.870. The molecule has 0 rings (SSSR count). The average Bonchev–Trinajstić information content (AvgIpc) is 3.42. The van der Waals surface area contributed by atoms with Gasteiger partial charge in [0, 0.05) is 12.8 Å². The van der Waals surface area contributed by atoms with Gasteiger partial charge in [-0.3, -0.25) is 18.6 Å². The Labute approximate surface area is 493 Å². The van der Waals surface area contributed by atoms with Gasteiger partial charge in [-0.2, -0.15) is 0 Å². The highest BCUT2D eigenvalue weighted by Crippen LogP contribution is 2.43. The SMILES string of the molecule is CC/C=C\C/C=C\C/C=C\C/C=C\C/C=C\CCCCCC(=O)NC(COP(=O)(O)OCC[N+](C)(C)C)C(/C=C/CCCCCCCCCCCC)OC(=O)CCCCCCCCCCCC/C=C\C/C=C\C/C=C\CCCCC. The van der Waals surface area contributed by atoms with Gasteiger partial charge in [-0.05, 0) is 115 Å². The van der Waals surface area contributed by atoms with Crippen LogP contribution in [0.15, 0.2) is 109 Å². The van der Waals surface area contributed by atoms with Crippen molar-refractivity contribution in [2.24, 2.45) is 0 Å². The second kappa shape index (κ2) is 58.9. The number of nitrogens with one attached hydrogen (secondary N) is 1. The smallest absolute Gasteiger partial charge is 0.456 e. The molecule has 0 aromatic rings. The number of quaternary nitrogens is 1. The van der Waals surface area contributed by atoms with Crippen molar-refractivity contribution in [3.05, 3.63) is 109 Å². The van der Waals surface area contributed by atoms with Crippen LogP contribution < -0.4 is 5.32 Å². The fourth-order valence-electron chi connectivity index (χ4n) is 8.91. The molecule has 3 atom stereocenters. The van der Waals surface area contributed by atoms with Crippen LogP contribution in [-0.4, -0.2) is 74.3 Å². The number of carbonyl (C=O) groups is 2. The molecule has 0 spiro atoms. The summed E-state index contributed by atoms with van der Waals surface area (Å²) in [5.41, 5.74) is 0. The number of likely N-dealkylation sites (N-methyl/N-ethyl adjacent to an activating group) is 1. The van der Waals surface area contributed by atoms with Crippen molar-refractivity contribution in [3.63, 3.8) is 0 Å². The van der Waals surface area contributed by atoms with Gasteiger partial charge in [0.2, 0.25) is 5.91 Å². The standard InChI is InChI=1S/C70H123N2O7P/c1-7-10-13-16-19-22-25-28-30-32-34-35-36-37-39-41-43-45-48-51-54-57-60-63-70(74)79-68(61-58-55-52-49-46-27-24-21-18-15-12-9-3)67(66-78-80(75,76)77-65-64-72(4,5)6)71-69(73)62-59-56-53-50-47-44-42-40-38-33-31-29-26-23-20-17-14-11-8-2/h11,14,19-20,22-23,28-31,34-35,38,40,44,47,58,61,67-68H,7-10,12-13,15-18,21,24-27,32-33,36-37,39,41-43,45-46,48-57,59-60,62-66H2,1-6H3,(H-,71,73,75,76)/p+1/b14-11-,22-19-,23-20-,30-28-,31-29-,35-34-,40-38-,47-44-,61-58+. The number of nitrogens with zero attached hydrogens (tertiary/aromatic N) is 1. The number of ether oxygens (including phenoxy) is 1. The molecule has 0 fully saturated rings. The first kappa shape index (κ1) is 76.7. The van der Waals surface area contributed by atoms with E-state index < -0.39 is 20.0 Å². The highest BCUT2D eigenvalue weighted by molar-refractivity contribution is 7.47. The molecule has 10 heteroatoms. The zero-order chi connectivity index (χ0) is 58.6. The predicted molar refractivity (Wildman–Crippen MR) is 346 cm³/mol. The molecule has 0 aromatic heterocycles. The Morgan fingerprint density at radius 2 is 0.800 bits per heavy atom. The molecule has 460 valence electrons. The van der Waals surface area contributed by atoms with E-state index in [1.165, 1.54) is 116 Å². The van der Waals surface area contributed by atoms with Crippen molar-refractivity contribution in [2.75, 3.05) is 40.9 Å². The van der Waals surface area contributed by atoms with Crippen molar-refractivity contribution < 1.29 is 37.3 Å². The highest BCUT2D eigenvalue weighted by atomic mass is 31.2. The maximum Gasteiger partial charge on any atom is 0.472 e. The van der Waals surface area contributed by atoms with Gasteiger partial charge in [0.15, 0.2) is 0 Å². The maximum atomic E-state index is 13.6. The first-order valence-corrected chi connectivity index (χ1v) is 34.2. The molecule has 0 aliphatic heterocycles. The first-order valence-electron chi connectivity index (χ1n) is 32.7. The van der Waals surface area contributed by atoms with Crippen molar-refractivity contribution in [2.45, 2.75) is 283 Å². The average molecular weight is 1140 g/mol. The number of rotatable bonds is 58. The third-order valence-electron chi connectivity index (χ3n) is 13.9. The van der Waals surface area contributed by atoms with Crippen LogP contribution in [-0.2, 0) is 27.9 Å². The molecule has 1 amide bonds. The first-order chi connectivity index (χ1) is 38.9. The second-order valence-corrected chi connectivity index (χ2v) is 24.4. The van der Waals surface area contributed by atoms with E-state index in [2.05, 4.69) is 123 Å². The number of hydrogen-bond donors (Lipinski definition) is 2. The minimum atomic E-state index is -4.47. The van der Waals surface area contributed by atoms with E-state index in [9.17, 15) is 19.0 Å². The third-order valence-corrected chi connectivity index (χ3v) is 14.9. The molecule has 2 N–H and O–H groups in total. The van der Waals surface area contributed by atoms with Gasteiger partial charge in [-0.1, -0.05) is 252 Å². The van der Waals surface area contributed by atoms with Gasteiger partial charge in [-0.25, -0.2) is 4.57 Å². The number of phosphoric acid groups is 1. The molecule has 0 aliphatic rings. The molecule has 80 heavy (non-hydrogen) atoms. The molecule has 0 bridgehead atoms. The molecule has 9 nitrogen and oxygen atoms in total. The van der Waals surface area contributed by atoms with E-state index in [1.807, 2.05) is 33.3 Å². The number of unbranched alkanes of at least 4 members (excludes halogenated alkanes) is 26. The fraction of sp³-hybridized carbons (Fsp3) is 0.714. The van der Waals surface area contributed by atoms with Crippen molar-refractivity contribution in [3.8, 4) is 0 Å². The highest BCUT2D eigenvalue weighted by Gasteiger charge is 2.30. The van der Waals surface area contributed by atoms with Crippen LogP contribution in [0.25, 0.3) is 0 Å². The van der Waals surface area contributed by atoms with Gasteiger partial charge in [0.25, 0.3) is 0 Å². The zero-order valence-corrected chi connectivity index (χ0v) is 53.4. The summed E-state index contributed by atoms with van der Waals surface area (Å²) < 4.78 is 30.7. The van der Waals surface area contributed by atoms with Crippen LogP contribution in [0.1, 0.15) is 271 Å². The Hall–Kier alpha value is -3.33. The van der Waals surface area contributed by atoms with E-state index in [-0.39, 0.29) is 37.9 Å². The lowest BCUT2D eigenvalue weighted by Crippen LogP contribution is -2.47. The van der Waals surface area contributed by atoms with Crippen LogP contribution in [0.5, 0.6) is 0 Å². The summed E-state index contributed by atoms with van der Waals surface area (Å²) in [7, 11) is 1.46. The molecular weight excluding hydrogens is 1010 g/mol. The number of phosphoric ester groups is 1. The largest absolute Gasteiger partial charge is 0.472 e. The van der Waals surface area contributed by atoms with Crippen LogP contribution in [0.3, 0.4) is 0 Å². The molecule has 0 radical (unpaired) electrons.